The zero-order chi connectivity index (χ0) is 10.4. The van der Waals surface area contributed by atoms with Crippen LogP contribution in [0.15, 0.2) is 17.5 Å². The first-order chi connectivity index (χ1) is 6.76. The summed E-state index contributed by atoms with van der Waals surface area (Å²) in [6.45, 7) is 2.52. The lowest BCUT2D eigenvalue weighted by Gasteiger charge is -2.13. The first-order valence-electron chi connectivity index (χ1n) is 4.78. The monoisotopic (exact) mass is 212 g/mol. The Balaban J connectivity index is 2.35. The topological polar surface area (TPSA) is 55.1 Å². The summed E-state index contributed by atoms with van der Waals surface area (Å²) in [4.78, 5) is 12.6. The van der Waals surface area contributed by atoms with E-state index >= 15 is 0 Å². The van der Waals surface area contributed by atoms with Gasteiger partial charge in [0, 0.05) is 17.5 Å². The van der Waals surface area contributed by atoms with Gasteiger partial charge in [0.2, 0.25) is 5.91 Å². The van der Waals surface area contributed by atoms with Crippen molar-refractivity contribution in [2.45, 2.75) is 25.8 Å². The van der Waals surface area contributed by atoms with Crippen LogP contribution in [0, 0.1) is 0 Å². The zero-order valence-electron chi connectivity index (χ0n) is 8.32. The van der Waals surface area contributed by atoms with Crippen molar-refractivity contribution in [3.63, 3.8) is 0 Å². The molecule has 4 heteroatoms. The van der Waals surface area contributed by atoms with Gasteiger partial charge < -0.3 is 11.1 Å². The molecule has 0 aliphatic carbocycles. The summed E-state index contributed by atoms with van der Waals surface area (Å²) in [6.07, 6.45) is 1.35. The van der Waals surface area contributed by atoms with Crippen LogP contribution in [0.1, 0.15) is 18.2 Å². The molecule has 3 N–H and O–H groups in total. The molecule has 1 heterocycles. The Morgan fingerprint density at radius 3 is 3.00 bits per heavy atom. The van der Waals surface area contributed by atoms with Crippen LogP contribution in [-0.2, 0) is 11.2 Å². The first-order valence-corrected chi connectivity index (χ1v) is 5.66. The lowest BCUT2D eigenvalue weighted by atomic mass is 10.2. The molecule has 0 aromatic carbocycles. The lowest BCUT2D eigenvalue weighted by Crippen LogP contribution is -2.40. The van der Waals surface area contributed by atoms with Crippen molar-refractivity contribution >= 4 is 17.2 Å². The van der Waals surface area contributed by atoms with Crippen molar-refractivity contribution in [2.24, 2.45) is 5.73 Å². The van der Waals surface area contributed by atoms with E-state index in [1.165, 1.54) is 0 Å². The maximum absolute atomic E-state index is 11.5. The summed E-state index contributed by atoms with van der Waals surface area (Å²) < 4.78 is 0. The van der Waals surface area contributed by atoms with Crippen LogP contribution >= 0.6 is 11.3 Å². The highest BCUT2D eigenvalue weighted by Crippen LogP contribution is 2.08. The number of rotatable bonds is 5. The minimum atomic E-state index is 0.0600. The predicted molar refractivity (Wildman–Crippen MR) is 59.3 cm³/mol. The molecule has 1 unspecified atom stereocenters. The van der Waals surface area contributed by atoms with Crippen LogP contribution in [0.2, 0.25) is 0 Å². The molecule has 0 bridgehead atoms. The first kappa shape index (κ1) is 11.2. The third-order valence-corrected chi connectivity index (χ3v) is 2.93. The number of thiophene rings is 1. The third-order valence-electron chi connectivity index (χ3n) is 2.06. The van der Waals surface area contributed by atoms with E-state index in [1.54, 1.807) is 11.3 Å². The largest absolute Gasteiger partial charge is 0.352 e. The maximum Gasteiger partial charge on any atom is 0.225 e. The van der Waals surface area contributed by atoms with Gasteiger partial charge in [-0.3, -0.25) is 4.79 Å². The van der Waals surface area contributed by atoms with Crippen LogP contribution in [0.5, 0.6) is 0 Å². The number of amides is 1. The second-order valence-electron chi connectivity index (χ2n) is 3.16. The average molecular weight is 212 g/mol. The molecule has 1 atom stereocenters. The fourth-order valence-corrected chi connectivity index (χ4v) is 1.88. The zero-order valence-corrected chi connectivity index (χ0v) is 9.14. The summed E-state index contributed by atoms with van der Waals surface area (Å²) in [5, 5.41) is 4.87. The van der Waals surface area contributed by atoms with Crippen LogP contribution in [-0.4, -0.2) is 18.5 Å². The van der Waals surface area contributed by atoms with Crippen LogP contribution in [0.25, 0.3) is 0 Å². The second-order valence-corrected chi connectivity index (χ2v) is 4.20. The Bertz CT molecular complexity index is 268. The highest BCUT2D eigenvalue weighted by molar-refractivity contribution is 7.10. The quantitative estimate of drug-likeness (QED) is 0.769. The number of hydrogen-bond donors (Lipinski definition) is 2. The Kier molecular flexibility index (Phi) is 4.62. The van der Waals surface area contributed by atoms with Gasteiger partial charge in [-0.2, -0.15) is 0 Å². The summed E-state index contributed by atoms with van der Waals surface area (Å²) in [5.41, 5.74) is 5.49. The van der Waals surface area contributed by atoms with E-state index in [4.69, 9.17) is 5.73 Å². The second kappa shape index (κ2) is 5.78. The van der Waals surface area contributed by atoms with E-state index in [2.05, 4.69) is 5.32 Å². The van der Waals surface area contributed by atoms with E-state index in [9.17, 15) is 4.79 Å². The highest BCUT2D eigenvalue weighted by atomic mass is 32.1. The number of carbonyl (C=O) groups is 1. The predicted octanol–water partition coefficient (Wildman–Crippen LogP) is 1.14. The molecule has 0 aliphatic heterocycles. The summed E-state index contributed by atoms with van der Waals surface area (Å²) in [6, 6.07) is 4.03. The van der Waals surface area contributed by atoms with Gasteiger partial charge in [0.15, 0.2) is 0 Å². The number of hydrogen-bond acceptors (Lipinski definition) is 3. The minimum absolute atomic E-state index is 0.0600. The average Bonchev–Trinajstić information content (AvgIpc) is 2.66. The van der Waals surface area contributed by atoms with Crippen LogP contribution < -0.4 is 11.1 Å². The van der Waals surface area contributed by atoms with E-state index in [0.717, 1.165) is 11.3 Å². The Morgan fingerprint density at radius 1 is 1.71 bits per heavy atom. The van der Waals surface area contributed by atoms with E-state index in [1.807, 2.05) is 24.4 Å². The van der Waals surface area contributed by atoms with Crippen LogP contribution in [0.4, 0.5) is 0 Å². The van der Waals surface area contributed by atoms with Crippen molar-refractivity contribution in [1.82, 2.24) is 5.32 Å². The molecule has 1 aromatic rings. The molecule has 0 fully saturated rings. The summed E-state index contributed by atoms with van der Waals surface area (Å²) >= 11 is 1.60. The lowest BCUT2D eigenvalue weighted by molar-refractivity contribution is -0.121. The molecule has 1 amide bonds. The molecular weight excluding hydrogens is 196 g/mol. The fourth-order valence-electron chi connectivity index (χ4n) is 1.18. The maximum atomic E-state index is 11.5. The molecule has 3 nitrogen and oxygen atoms in total. The van der Waals surface area contributed by atoms with Crippen molar-refractivity contribution in [3.05, 3.63) is 22.4 Å². The van der Waals surface area contributed by atoms with Crippen molar-refractivity contribution < 1.29 is 4.79 Å². The van der Waals surface area contributed by atoms with Gasteiger partial charge >= 0.3 is 0 Å². The van der Waals surface area contributed by atoms with Gasteiger partial charge in [0.25, 0.3) is 0 Å². The Morgan fingerprint density at radius 2 is 2.50 bits per heavy atom. The number of nitrogens with two attached hydrogens (primary N) is 1. The van der Waals surface area contributed by atoms with Gasteiger partial charge in [-0.1, -0.05) is 13.0 Å². The number of carbonyl (C=O) groups excluding carboxylic acids is 1. The number of nitrogens with one attached hydrogen (secondary N) is 1. The molecule has 0 radical (unpaired) electrons. The summed E-state index contributed by atoms with van der Waals surface area (Å²) in [5.74, 6) is 0.0600. The molecule has 0 spiro atoms. The molecule has 0 aliphatic rings. The van der Waals surface area contributed by atoms with Gasteiger partial charge in [-0.05, 0) is 17.9 Å². The van der Waals surface area contributed by atoms with Gasteiger partial charge in [-0.25, -0.2) is 0 Å². The van der Waals surface area contributed by atoms with Crippen LogP contribution in [0.3, 0.4) is 0 Å². The Hall–Kier alpha value is -0.870. The normalized spacial score (nSPS) is 12.4. The van der Waals surface area contributed by atoms with E-state index in [-0.39, 0.29) is 11.9 Å². The minimum Gasteiger partial charge on any atom is -0.352 e. The van der Waals surface area contributed by atoms with Gasteiger partial charge in [0.1, 0.15) is 0 Å². The molecule has 1 rings (SSSR count). The Labute approximate surface area is 88.3 Å². The van der Waals surface area contributed by atoms with E-state index < -0.39 is 0 Å². The molecular formula is C10H16N2OS. The van der Waals surface area contributed by atoms with E-state index in [0.29, 0.717) is 13.0 Å². The highest BCUT2D eigenvalue weighted by Gasteiger charge is 2.09. The molecule has 0 saturated carbocycles. The third kappa shape index (κ3) is 3.47. The fraction of sp³-hybridized carbons (Fsp3) is 0.500. The smallest absolute Gasteiger partial charge is 0.225 e. The van der Waals surface area contributed by atoms with Gasteiger partial charge in [-0.15, -0.1) is 11.3 Å². The summed E-state index contributed by atoms with van der Waals surface area (Å²) in [7, 11) is 0. The molecule has 0 saturated heterocycles. The molecule has 1 aromatic heterocycles. The molecule has 14 heavy (non-hydrogen) atoms. The standard InChI is InChI=1S/C10H16N2OS/c1-2-8(7-11)12-10(13)6-9-4-3-5-14-9/h3-5,8H,2,6-7,11H2,1H3,(H,12,13). The van der Waals surface area contributed by atoms with Crippen molar-refractivity contribution in [3.8, 4) is 0 Å². The van der Waals surface area contributed by atoms with Gasteiger partial charge in [0.05, 0.1) is 6.42 Å². The van der Waals surface area contributed by atoms with Crippen molar-refractivity contribution in [1.29, 1.82) is 0 Å². The van der Waals surface area contributed by atoms with Crippen molar-refractivity contribution in [2.75, 3.05) is 6.54 Å². The molecule has 78 valence electrons. The SMILES string of the molecule is CCC(CN)NC(=O)Cc1cccs1.